The lowest BCUT2D eigenvalue weighted by Crippen LogP contribution is -2.14. The van der Waals surface area contributed by atoms with Crippen molar-refractivity contribution in [1.82, 2.24) is 19.6 Å². The fourth-order valence-corrected chi connectivity index (χ4v) is 2.72. The molecule has 2 aromatic heterocycles. The Morgan fingerprint density at radius 1 is 1.04 bits per heavy atom. The van der Waals surface area contributed by atoms with Gasteiger partial charge in [-0.25, -0.2) is 4.98 Å². The number of aromatic nitrogens is 4. The highest BCUT2D eigenvalue weighted by Gasteiger charge is 2.09. The zero-order valence-electron chi connectivity index (χ0n) is 13.7. The van der Waals surface area contributed by atoms with Gasteiger partial charge in [-0.3, -0.25) is 9.89 Å². The Bertz CT molecular complexity index is 1080. The molecule has 2 heterocycles. The molecule has 0 aliphatic heterocycles. The molecule has 6 heteroatoms. The lowest BCUT2D eigenvalue weighted by atomic mass is 10.1. The van der Waals surface area contributed by atoms with Crippen molar-refractivity contribution in [2.24, 2.45) is 0 Å². The Labute approximate surface area is 144 Å². The molecule has 6 nitrogen and oxygen atoms in total. The molecule has 0 amide bonds. The van der Waals surface area contributed by atoms with Gasteiger partial charge in [0.05, 0.1) is 5.69 Å². The number of H-pyrrole nitrogens is 1. The summed E-state index contributed by atoms with van der Waals surface area (Å²) in [7, 11) is 0. The number of benzene rings is 2. The first-order valence-corrected chi connectivity index (χ1v) is 8.04. The molecule has 0 aliphatic rings. The smallest absolute Gasteiger partial charge is 0.274 e. The van der Waals surface area contributed by atoms with Crippen molar-refractivity contribution in [2.45, 2.75) is 13.5 Å². The predicted octanol–water partition coefficient (Wildman–Crippen LogP) is 3.01. The van der Waals surface area contributed by atoms with Crippen molar-refractivity contribution in [2.75, 3.05) is 5.32 Å². The lowest BCUT2D eigenvalue weighted by molar-refractivity contribution is 0.897. The lowest BCUT2D eigenvalue weighted by Gasteiger charge is -2.03. The van der Waals surface area contributed by atoms with Gasteiger partial charge in [0.2, 0.25) is 5.95 Å². The molecule has 0 aliphatic carbocycles. The summed E-state index contributed by atoms with van der Waals surface area (Å²) in [4.78, 5) is 21.2. The second-order valence-electron chi connectivity index (χ2n) is 5.90. The van der Waals surface area contributed by atoms with E-state index >= 15 is 0 Å². The van der Waals surface area contributed by atoms with Crippen LogP contribution in [-0.4, -0.2) is 19.6 Å². The normalized spacial score (nSPS) is 10.9. The molecular formula is C19H17N5O. The number of aryl methyl sites for hydroxylation is 1. The van der Waals surface area contributed by atoms with Crippen molar-refractivity contribution in [3.8, 4) is 11.3 Å². The highest BCUT2D eigenvalue weighted by molar-refractivity contribution is 5.60. The fraction of sp³-hybridized carbons (Fsp3) is 0.105. The quantitative estimate of drug-likeness (QED) is 0.603. The molecule has 124 valence electrons. The van der Waals surface area contributed by atoms with Crippen molar-refractivity contribution in [3.63, 3.8) is 0 Å². The van der Waals surface area contributed by atoms with E-state index in [1.54, 1.807) is 0 Å². The molecule has 0 unspecified atom stereocenters. The number of fused-ring (bicyclic) bond motifs is 1. The van der Waals surface area contributed by atoms with Crippen LogP contribution in [0.1, 0.15) is 11.1 Å². The second-order valence-corrected chi connectivity index (χ2v) is 5.90. The summed E-state index contributed by atoms with van der Waals surface area (Å²) in [5.74, 6) is 0.856. The van der Waals surface area contributed by atoms with Crippen LogP contribution in [-0.2, 0) is 6.54 Å². The average Bonchev–Trinajstić information content (AvgIpc) is 3.04. The monoisotopic (exact) mass is 331 g/mol. The fourth-order valence-electron chi connectivity index (χ4n) is 2.72. The maximum Gasteiger partial charge on any atom is 0.274 e. The SMILES string of the molecule is Cc1cccc(CNc2nc3nc(-c4ccccc4)cc(=O)n3[nH]2)c1. The minimum Gasteiger partial charge on any atom is -0.351 e. The summed E-state index contributed by atoms with van der Waals surface area (Å²) in [6, 6.07) is 19.3. The number of rotatable bonds is 4. The number of nitrogens with one attached hydrogen (secondary N) is 2. The molecule has 0 fully saturated rings. The van der Waals surface area contributed by atoms with Crippen LogP contribution in [0.5, 0.6) is 0 Å². The van der Waals surface area contributed by atoms with E-state index in [1.165, 1.54) is 16.1 Å². The highest BCUT2D eigenvalue weighted by atomic mass is 16.1. The summed E-state index contributed by atoms with van der Waals surface area (Å²) in [6.07, 6.45) is 0. The summed E-state index contributed by atoms with van der Waals surface area (Å²) < 4.78 is 1.34. The van der Waals surface area contributed by atoms with Gasteiger partial charge in [-0.2, -0.15) is 9.50 Å². The van der Waals surface area contributed by atoms with Crippen molar-refractivity contribution in [3.05, 3.63) is 82.1 Å². The van der Waals surface area contributed by atoms with Gasteiger partial charge in [0.15, 0.2) is 0 Å². The zero-order valence-corrected chi connectivity index (χ0v) is 13.7. The Morgan fingerprint density at radius 2 is 1.88 bits per heavy atom. The first-order chi connectivity index (χ1) is 12.2. The third-order valence-electron chi connectivity index (χ3n) is 3.94. The minimum atomic E-state index is -0.194. The van der Waals surface area contributed by atoms with E-state index in [0.717, 1.165) is 11.1 Å². The third kappa shape index (κ3) is 3.14. The van der Waals surface area contributed by atoms with E-state index in [-0.39, 0.29) is 5.56 Å². The summed E-state index contributed by atoms with van der Waals surface area (Å²) >= 11 is 0. The van der Waals surface area contributed by atoms with Gasteiger partial charge in [0.25, 0.3) is 11.3 Å². The first-order valence-electron chi connectivity index (χ1n) is 8.04. The largest absolute Gasteiger partial charge is 0.351 e. The van der Waals surface area contributed by atoms with E-state index in [4.69, 9.17) is 0 Å². The molecule has 2 aromatic carbocycles. The molecule has 0 spiro atoms. The van der Waals surface area contributed by atoms with Gasteiger partial charge < -0.3 is 5.32 Å². The first kappa shape index (κ1) is 15.1. The van der Waals surface area contributed by atoms with Crippen molar-refractivity contribution < 1.29 is 0 Å². The maximum atomic E-state index is 12.3. The van der Waals surface area contributed by atoms with E-state index in [0.29, 0.717) is 24.0 Å². The van der Waals surface area contributed by atoms with Crippen LogP contribution in [0.3, 0.4) is 0 Å². The molecule has 4 aromatic rings. The van der Waals surface area contributed by atoms with Gasteiger partial charge in [-0.05, 0) is 12.5 Å². The average molecular weight is 331 g/mol. The molecule has 4 rings (SSSR count). The number of nitrogens with zero attached hydrogens (tertiary/aromatic N) is 3. The van der Waals surface area contributed by atoms with E-state index < -0.39 is 0 Å². The van der Waals surface area contributed by atoms with E-state index in [2.05, 4.69) is 39.4 Å². The number of hydrogen-bond donors (Lipinski definition) is 2. The van der Waals surface area contributed by atoms with Crippen LogP contribution in [0.25, 0.3) is 17.0 Å². The van der Waals surface area contributed by atoms with Crippen LogP contribution in [0, 0.1) is 6.92 Å². The summed E-state index contributed by atoms with van der Waals surface area (Å²) in [6.45, 7) is 2.67. The summed E-state index contributed by atoms with van der Waals surface area (Å²) in [5, 5.41) is 6.14. The topological polar surface area (TPSA) is 75.1 Å². The highest BCUT2D eigenvalue weighted by Crippen LogP contribution is 2.15. The zero-order chi connectivity index (χ0) is 17.2. The van der Waals surface area contributed by atoms with Gasteiger partial charge in [0, 0.05) is 18.2 Å². The maximum absolute atomic E-state index is 12.3. The second kappa shape index (κ2) is 6.24. The molecule has 0 saturated heterocycles. The molecule has 0 saturated carbocycles. The molecule has 0 atom stereocenters. The molecule has 2 N–H and O–H groups in total. The van der Waals surface area contributed by atoms with Gasteiger partial charge in [-0.15, -0.1) is 0 Å². The Kier molecular flexibility index (Phi) is 3.78. The van der Waals surface area contributed by atoms with Crippen LogP contribution in [0.4, 0.5) is 5.95 Å². The van der Waals surface area contributed by atoms with Crippen LogP contribution >= 0.6 is 0 Å². The Balaban J connectivity index is 1.64. The summed E-state index contributed by atoms with van der Waals surface area (Å²) in [5.41, 5.74) is 3.65. The van der Waals surface area contributed by atoms with Crippen molar-refractivity contribution >= 4 is 11.7 Å². The molecule has 0 radical (unpaired) electrons. The Morgan fingerprint density at radius 3 is 2.68 bits per heavy atom. The number of anilines is 1. The van der Waals surface area contributed by atoms with Gasteiger partial charge in [-0.1, -0.05) is 60.2 Å². The minimum absolute atomic E-state index is 0.194. The van der Waals surface area contributed by atoms with Gasteiger partial charge in [0.1, 0.15) is 0 Å². The number of aromatic amines is 1. The van der Waals surface area contributed by atoms with Gasteiger partial charge >= 0.3 is 0 Å². The third-order valence-corrected chi connectivity index (χ3v) is 3.94. The molecule has 0 bridgehead atoms. The van der Waals surface area contributed by atoms with Crippen molar-refractivity contribution in [1.29, 1.82) is 0 Å². The predicted molar refractivity (Wildman–Crippen MR) is 97.5 cm³/mol. The van der Waals surface area contributed by atoms with E-state index in [9.17, 15) is 4.79 Å². The molecular weight excluding hydrogens is 314 g/mol. The molecule has 25 heavy (non-hydrogen) atoms. The number of hydrogen-bond acceptors (Lipinski definition) is 4. The van der Waals surface area contributed by atoms with E-state index in [1.807, 2.05) is 42.5 Å². The Hall–Kier alpha value is -3.41. The standard InChI is InChI=1S/C19H17N5O/c1-13-6-5-7-14(10-13)12-20-18-22-19-21-16(11-17(25)24(19)23-18)15-8-3-2-4-9-15/h2-11H,12H2,1H3,(H2,20,21,22,23). The van der Waals surface area contributed by atoms with Crippen LogP contribution < -0.4 is 10.9 Å². The van der Waals surface area contributed by atoms with Crippen LogP contribution in [0.2, 0.25) is 0 Å². The van der Waals surface area contributed by atoms with Crippen LogP contribution in [0.15, 0.2) is 65.5 Å².